The number of carboxylic acid groups (broad SMARTS) is 1. The molecule has 1 atom stereocenters. The molecule has 1 fully saturated rings. The van der Waals surface area contributed by atoms with Crippen LogP contribution in [0.1, 0.15) is 24.8 Å². The highest BCUT2D eigenvalue weighted by molar-refractivity contribution is 5.80. The third-order valence-corrected chi connectivity index (χ3v) is 3.66. The molecule has 1 unspecified atom stereocenters. The maximum absolute atomic E-state index is 13.0. The Balaban J connectivity index is 1.88. The van der Waals surface area contributed by atoms with Crippen LogP contribution in [0.4, 0.5) is 8.78 Å². The molecule has 1 heterocycles. The molecule has 120 valence electrons. The van der Waals surface area contributed by atoms with Gasteiger partial charge in [-0.25, -0.2) is 8.78 Å². The van der Waals surface area contributed by atoms with E-state index in [-0.39, 0.29) is 19.0 Å². The average Bonchev–Trinajstić information content (AvgIpc) is 2.44. The molecule has 1 aliphatic heterocycles. The highest BCUT2D eigenvalue weighted by Crippen LogP contribution is 2.16. The van der Waals surface area contributed by atoms with E-state index < -0.39 is 23.6 Å². The summed E-state index contributed by atoms with van der Waals surface area (Å²) < 4.78 is 26.1. The molecule has 1 amide bonds. The molecule has 1 aromatic rings. The van der Waals surface area contributed by atoms with Gasteiger partial charge in [-0.2, -0.15) is 0 Å². The fraction of sp³-hybridized carbons (Fsp3) is 0.467. The summed E-state index contributed by atoms with van der Waals surface area (Å²) in [6, 6.07) is 2.40. The molecule has 0 aromatic heterocycles. The Labute approximate surface area is 126 Å². The predicted octanol–water partition coefficient (Wildman–Crippen LogP) is 1.52. The lowest BCUT2D eigenvalue weighted by molar-refractivity contribution is -0.145. The second kappa shape index (κ2) is 7.31. The zero-order valence-corrected chi connectivity index (χ0v) is 12.0. The lowest BCUT2D eigenvalue weighted by atomic mass is 10.0. The number of carbonyl (C=O) groups excluding carboxylic acids is 1. The van der Waals surface area contributed by atoms with Crippen molar-refractivity contribution in [3.8, 4) is 0 Å². The molecule has 1 aromatic carbocycles. The zero-order valence-electron chi connectivity index (χ0n) is 12.0. The monoisotopic (exact) mass is 312 g/mol. The van der Waals surface area contributed by atoms with E-state index >= 15 is 0 Å². The number of rotatable bonds is 5. The molecule has 2 N–H and O–H groups in total. The first-order chi connectivity index (χ1) is 10.5. The van der Waals surface area contributed by atoms with Gasteiger partial charge >= 0.3 is 5.97 Å². The first kappa shape index (κ1) is 16.4. The van der Waals surface area contributed by atoms with Crippen LogP contribution in [-0.4, -0.2) is 41.0 Å². The highest BCUT2D eigenvalue weighted by Gasteiger charge is 2.29. The van der Waals surface area contributed by atoms with Crippen LogP contribution in [0.25, 0.3) is 0 Å². The molecule has 1 saturated heterocycles. The quantitative estimate of drug-likeness (QED) is 0.865. The first-order valence-corrected chi connectivity index (χ1v) is 7.14. The van der Waals surface area contributed by atoms with Crippen molar-refractivity contribution in [2.75, 3.05) is 13.1 Å². The normalized spacial score (nSPS) is 18.9. The number of halogens is 2. The van der Waals surface area contributed by atoms with Crippen LogP contribution in [0.2, 0.25) is 0 Å². The molecule has 7 heteroatoms. The number of nitrogens with one attached hydrogen (secondary N) is 1. The fourth-order valence-electron chi connectivity index (χ4n) is 2.61. The van der Waals surface area contributed by atoms with Gasteiger partial charge < -0.3 is 10.4 Å². The topological polar surface area (TPSA) is 69.6 Å². The van der Waals surface area contributed by atoms with Crippen LogP contribution in [-0.2, 0) is 16.1 Å². The van der Waals surface area contributed by atoms with Crippen molar-refractivity contribution in [1.29, 1.82) is 0 Å². The number of piperidine rings is 1. The summed E-state index contributed by atoms with van der Waals surface area (Å²) in [6.07, 6.45) is 2.21. The Bertz CT molecular complexity index is 545. The summed E-state index contributed by atoms with van der Waals surface area (Å²) in [5.41, 5.74) is 0.319. The van der Waals surface area contributed by atoms with E-state index in [0.29, 0.717) is 18.5 Å². The summed E-state index contributed by atoms with van der Waals surface area (Å²) in [5, 5.41) is 11.7. The zero-order chi connectivity index (χ0) is 16.1. The summed E-state index contributed by atoms with van der Waals surface area (Å²) in [7, 11) is 0. The Kier molecular flexibility index (Phi) is 5.43. The van der Waals surface area contributed by atoms with Gasteiger partial charge in [-0.1, -0.05) is 6.42 Å². The average molecular weight is 312 g/mol. The Morgan fingerprint density at radius 2 is 1.91 bits per heavy atom. The molecule has 0 spiro atoms. The summed E-state index contributed by atoms with van der Waals surface area (Å²) in [4.78, 5) is 24.7. The number of carboxylic acids is 1. The smallest absolute Gasteiger partial charge is 0.320 e. The van der Waals surface area contributed by atoms with E-state index in [4.69, 9.17) is 5.11 Å². The Morgan fingerprint density at radius 3 is 2.55 bits per heavy atom. The third-order valence-electron chi connectivity index (χ3n) is 3.66. The van der Waals surface area contributed by atoms with E-state index in [2.05, 4.69) is 5.32 Å². The van der Waals surface area contributed by atoms with Crippen molar-refractivity contribution in [1.82, 2.24) is 10.2 Å². The highest BCUT2D eigenvalue weighted by atomic mass is 19.1. The van der Waals surface area contributed by atoms with Crippen LogP contribution in [0.15, 0.2) is 18.2 Å². The second-order valence-corrected chi connectivity index (χ2v) is 5.37. The summed E-state index contributed by atoms with van der Waals surface area (Å²) >= 11 is 0. The van der Waals surface area contributed by atoms with Crippen molar-refractivity contribution in [2.24, 2.45) is 0 Å². The Morgan fingerprint density at radius 1 is 1.23 bits per heavy atom. The van der Waals surface area contributed by atoms with Gasteiger partial charge in [-0.15, -0.1) is 0 Å². The molecule has 5 nitrogen and oxygen atoms in total. The van der Waals surface area contributed by atoms with Gasteiger partial charge in [0, 0.05) is 12.6 Å². The number of carbonyl (C=O) groups is 2. The fourth-order valence-corrected chi connectivity index (χ4v) is 2.61. The molecule has 0 bridgehead atoms. The van der Waals surface area contributed by atoms with Crippen molar-refractivity contribution in [2.45, 2.75) is 31.8 Å². The Hall–Kier alpha value is -2.02. The van der Waals surface area contributed by atoms with Gasteiger partial charge in [0.1, 0.15) is 17.7 Å². The third kappa shape index (κ3) is 4.49. The van der Waals surface area contributed by atoms with Gasteiger partial charge in [-0.3, -0.25) is 14.5 Å². The van der Waals surface area contributed by atoms with Gasteiger partial charge in [-0.05, 0) is 37.1 Å². The van der Waals surface area contributed by atoms with Crippen LogP contribution in [0.5, 0.6) is 0 Å². The van der Waals surface area contributed by atoms with E-state index in [0.717, 1.165) is 31.0 Å². The lowest BCUT2D eigenvalue weighted by Gasteiger charge is -2.32. The number of nitrogens with zero attached hydrogens (tertiary/aromatic N) is 1. The van der Waals surface area contributed by atoms with Crippen LogP contribution in [0, 0.1) is 11.6 Å². The predicted molar refractivity (Wildman–Crippen MR) is 75.1 cm³/mol. The molecule has 1 aliphatic rings. The van der Waals surface area contributed by atoms with Crippen LogP contribution < -0.4 is 5.32 Å². The van der Waals surface area contributed by atoms with Crippen LogP contribution >= 0.6 is 0 Å². The van der Waals surface area contributed by atoms with Crippen molar-refractivity contribution < 1.29 is 23.5 Å². The molecular weight excluding hydrogens is 294 g/mol. The standard InChI is InChI=1S/C15H18F2N2O3/c16-11-5-10(6-12(17)7-11)8-18-14(20)9-19-4-2-1-3-13(19)15(21)22/h5-7,13H,1-4,8-9H2,(H,18,20)(H,21,22). The first-order valence-electron chi connectivity index (χ1n) is 7.14. The molecule has 0 radical (unpaired) electrons. The van der Waals surface area contributed by atoms with E-state index in [1.54, 1.807) is 4.90 Å². The minimum Gasteiger partial charge on any atom is -0.480 e. The van der Waals surface area contributed by atoms with Crippen LogP contribution in [0.3, 0.4) is 0 Å². The minimum atomic E-state index is -0.931. The SMILES string of the molecule is O=C(CN1CCCCC1C(=O)O)NCc1cc(F)cc(F)c1. The number of hydrogen-bond donors (Lipinski definition) is 2. The van der Waals surface area contributed by atoms with Crippen molar-refractivity contribution in [3.05, 3.63) is 35.4 Å². The number of likely N-dealkylation sites (tertiary alicyclic amines) is 1. The number of amides is 1. The molecule has 0 aliphatic carbocycles. The minimum absolute atomic E-state index is 0.000901. The van der Waals surface area contributed by atoms with E-state index in [9.17, 15) is 18.4 Å². The van der Waals surface area contributed by atoms with E-state index in [1.807, 2.05) is 0 Å². The van der Waals surface area contributed by atoms with Gasteiger partial charge in [0.15, 0.2) is 0 Å². The molecule has 22 heavy (non-hydrogen) atoms. The molecular formula is C15H18F2N2O3. The molecule has 2 rings (SSSR count). The van der Waals surface area contributed by atoms with Crippen molar-refractivity contribution >= 4 is 11.9 Å². The maximum atomic E-state index is 13.0. The van der Waals surface area contributed by atoms with Gasteiger partial charge in [0.05, 0.1) is 6.54 Å². The second-order valence-electron chi connectivity index (χ2n) is 5.37. The largest absolute Gasteiger partial charge is 0.480 e. The summed E-state index contributed by atoms with van der Waals surface area (Å²) in [6.45, 7) is 0.521. The summed E-state index contributed by atoms with van der Waals surface area (Å²) in [5.74, 6) is -2.70. The van der Waals surface area contributed by atoms with Gasteiger partial charge in [0.2, 0.25) is 5.91 Å². The number of hydrogen-bond acceptors (Lipinski definition) is 3. The number of aliphatic carboxylic acids is 1. The van der Waals surface area contributed by atoms with Crippen molar-refractivity contribution in [3.63, 3.8) is 0 Å². The van der Waals surface area contributed by atoms with Gasteiger partial charge in [0.25, 0.3) is 0 Å². The maximum Gasteiger partial charge on any atom is 0.320 e. The molecule has 0 saturated carbocycles. The number of benzene rings is 1. The lowest BCUT2D eigenvalue weighted by Crippen LogP contribution is -2.48. The van der Waals surface area contributed by atoms with E-state index in [1.165, 1.54) is 0 Å².